The number of amides is 1. The molecule has 180 valence electrons. The topological polar surface area (TPSA) is 79.7 Å². The molecule has 1 unspecified atom stereocenters. The van der Waals surface area contributed by atoms with Crippen LogP contribution in [0.5, 0.6) is 5.75 Å². The van der Waals surface area contributed by atoms with E-state index in [4.69, 9.17) is 0 Å². The van der Waals surface area contributed by atoms with Crippen molar-refractivity contribution < 1.29 is 32.6 Å². The summed E-state index contributed by atoms with van der Waals surface area (Å²) in [6.07, 6.45) is -2.02. The van der Waals surface area contributed by atoms with Crippen molar-refractivity contribution in [3.8, 4) is 5.75 Å². The molecule has 1 saturated heterocycles. The first-order chi connectivity index (χ1) is 17.2. The lowest BCUT2D eigenvalue weighted by atomic mass is 9.94. The number of carbonyl (C=O) groups is 2. The Morgan fingerprint density at radius 2 is 1.69 bits per heavy atom. The van der Waals surface area contributed by atoms with Crippen molar-refractivity contribution in [1.82, 2.24) is 4.98 Å². The number of halogens is 3. The second-order valence-electron chi connectivity index (χ2n) is 8.03. The van der Waals surface area contributed by atoms with Crippen molar-refractivity contribution in [1.29, 1.82) is 0 Å². The number of aliphatic hydroxyl groups excluding tert-OH is 1. The van der Waals surface area contributed by atoms with Gasteiger partial charge in [-0.15, -0.1) is 13.2 Å². The van der Waals surface area contributed by atoms with Gasteiger partial charge in [-0.1, -0.05) is 54.6 Å². The van der Waals surface area contributed by atoms with E-state index in [0.29, 0.717) is 16.5 Å². The third-order valence-corrected chi connectivity index (χ3v) is 5.82. The normalized spacial score (nSPS) is 17.5. The van der Waals surface area contributed by atoms with E-state index in [1.165, 1.54) is 24.5 Å². The molecule has 5 rings (SSSR count). The lowest BCUT2D eigenvalue weighted by molar-refractivity contribution is -0.274. The van der Waals surface area contributed by atoms with Gasteiger partial charge in [0.1, 0.15) is 11.5 Å². The van der Waals surface area contributed by atoms with Crippen LogP contribution >= 0.6 is 0 Å². The molecule has 6 nitrogen and oxygen atoms in total. The molecule has 1 aliphatic heterocycles. The first kappa shape index (κ1) is 23.1. The summed E-state index contributed by atoms with van der Waals surface area (Å²) in [6, 6.07) is 19.2. The number of nitrogens with zero attached hydrogens (tertiary/aromatic N) is 2. The molecule has 0 spiro atoms. The number of ketones is 1. The zero-order chi connectivity index (χ0) is 25.4. The van der Waals surface area contributed by atoms with Gasteiger partial charge in [0.2, 0.25) is 0 Å². The molecule has 1 amide bonds. The number of aromatic nitrogens is 1. The van der Waals surface area contributed by atoms with Crippen molar-refractivity contribution in [2.75, 3.05) is 4.90 Å². The van der Waals surface area contributed by atoms with Crippen LogP contribution in [-0.4, -0.2) is 28.1 Å². The Hall–Kier alpha value is -4.66. The second-order valence-corrected chi connectivity index (χ2v) is 8.03. The summed E-state index contributed by atoms with van der Waals surface area (Å²) in [4.78, 5) is 31.6. The summed E-state index contributed by atoms with van der Waals surface area (Å²) in [7, 11) is 0. The van der Waals surface area contributed by atoms with Crippen LogP contribution in [0.1, 0.15) is 17.2 Å². The highest BCUT2D eigenvalue weighted by atomic mass is 19.4. The Balaban J connectivity index is 1.71. The fraction of sp³-hybridized carbons (Fsp3) is 0.0741. The monoisotopic (exact) mass is 490 g/mol. The number of rotatable bonds is 4. The highest BCUT2D eigenvalue weighted by Crippen LogP contribution is 2.43. The fourth-order valence-corrected chi connectivity index (χ4v) is 4.36. The molecule has 1 N–H and O–H groups in total. The molecule has 1 fully saturated rings. The van der Waals surface area contributed by atoms with Gasteiger partial charge in [0.15, 0.2) is 0 Å². The molecule has 1 aliphatic rings. The zero-order valence-corrected chi connectivity index (χ0v) is 18.4. The number of hydrogen-bond donors (Lipinski definition) is 1. The molecule has 3 aromatic carbocycles. The summed E-state index contributed by atoms with van der Waals surface area (Å²) in [6.45, 7) is 0. The molecular formula is C27H17F3N2O4. The minimum Gasteiger partial charge on any atom is -0.507 e. The molecule has 2 heterocycles. The van der Waals surface area contributed by atoms with Crippen molar-refractivity contribution in [2.45, 2.75) is 12.4 Å². The molecule has 4 aromatic rings. The van der Waals surface area contributed by atoms with Crippen molar-refractivity contribution in [3.05, 3.63) is 108 Å². The summed E-state index contributed by atoms with van der Waals surface area (Å²) in [5, 5.41) is 12.9. The van der Waals surface area contributed by atoms with Crippen molar-refractivity contribution >= 4 is 33.9 Å². The van der Waals surface area contributed by atoms with E-state index in [1.807, 2.05) is 18.2 Å². The van der Waals surface area contributed by atoms with E-state index >= 15 is 0 Å². The molecule has 0 aliphatic carbocycles. The third kappa shape index (κ3) is 4.15. The molecule has 1 aromatic heterocycles. The minimum atomic E-state index is -4.94. The molecule has 9 heteroatoms. The highest BCUT2D eigenvalue weighted by molar-refractivity contribution is 6.51. The van der Waals surface area contributed by atoms with Crippen LogP contribution in [0.15, 0.2) is 96.8 Å². The first-order valence-corrected chi connectivity index (χ1v) is 10.8. The quantitative estimate of drug-likeness (QED) is 0.224. The molecule has 36 heavy (non-hydrogen) atoms. The molecule has 1 atom stereocenters. The standard InChI is InChI=1S/C27H17F3N2O4/c28-27(29,30)36-19-10-4-9-18(14-19)32-23(17-8-5-13-31-15-17)22(25(34)26(32)35)24(33)21-12-3-7-16-6-1-2-11-20(16)21/h1-15,23,33H/b24-22-. The van der Waals surface area contributed by atoms with E-state index in [9.17, 15) is 27.9 Å². The lowest BCUT2D eigenvalue weighted by Crippen LogP contribution is -2.29. The Morgan fingerprint density at radius 3 is 2.44 bits per heavy atom. The van der Waals surface area contributed by atoms with Crippen LogP contribution in [0, 0.1) is 0 Å². The van der Waals surface area contributed by atoms with E-state index in [0.717, 1.165) is 22.4 Å². The molecule has 0 bridgehead atoms. The molecule has 0 saturated carbocycles. The Labute approximate surface area is 202 Å². The van der Waals surface area contributed by atoms with Gasteiger partial charge in [0.25, 0.3) is 11.7 Å². The average Bonchev–Trinajstić information content (AvgIpc) is 3.13. The molecular weight excluding hydrogens is 473 g/mol. The van der Waals surface area contributed by atoms with Gasteiger partial charge in [0, 0.05) is 29.7 Å². The van der Waals surface area contributed by atoms with Gasteiger partial charge < -0.3 is 9.84 Å². The maximum Gasteiger partial charge on any atom is 0.573 e. The van der Waals surface area contributed by atoms with Gasteiger partial charge in [-0.05, 0) is 34.5 Å². The number of aliphatic hydroxyl groups is 1. The van der Waals surface area contributed by atoms with Gasteiger partial charge in [0.05, 0.1) is 11.6 Å². The number of alkyl halides is 3. The Kier molecular flexibility index (Phi) is 5.68. The predicted octanol–water partition coefficient (Wildman–Crippen LogP) is 5.76. The van der Waals surface area contributed by atoms with E-state index in [-0.39, 0.29) is 11.3 Å². The average molecular weight is 490 g/mol. The summed E-state index contributed by atoms with van der Waals surface area (Å²) in [5.41, 5.74) is 0.519. The Bertz CT molecular complexity index is 1510. The van der Waals surface area contributed by atoms with Crippen LogP contribution in [0.25, 0.3) is 16.5 Å². The number of fused-ring (bicyclic) bond motifs is 1. The van der Waals surface area contributed by atoms with Gasteiger partial charge in [-0.25, -0.2) is 0 Å². The predicted molar refractivity (Wildman–Crippen MR) is 126 cm³/mol. The largest absolute Gasteiger partial charge is 0.573 e. The van der Waals surface area contributed by atoms with E-state index in [2.05, 4.69) is 9.72 Å². The number of benzene rings is 3. The SMILES string of the molecule is O=C1C(=O)N(c2cccc(OC(F)(F)F)c2)C(c2cccnc2)/C1=C(/O)c1cccc2ccccc12. The van der Waals surface area contributed by atoms with Crippen molar-refractivity contribution in [2.24, 2.45) is 0 Å². The second kappa shape index (κ2) is 8.84. The van der Waals surface area contributed by atoms with Crippen LogP contribution in [0.2, 0.25) is 0 Å². The van der Waals surface area contributed by atoms with Crippen LogP contribution in [0.4, 0.5) is 18.9 Å². The zero-order valence-electron chi connectivity index (χ0n) is 18.4. The number of hydrogen-bond acceptors (Lipinski definition) is 5. The van der Waals surface area contributed by atoms with E-state index in [1.54, 1.807) is 36.4 Å². The fourth-order valence-electron chi connectivity index (χ4n) is 4.36. The maximum atomic E-state index is 13.3. The lowest BCUT2D eigenvalue weighted by Gasteiger charge is -2.25. The Morgan fingerprint density at radius 1 is 0.944 bits per heavy atom. The number of carbonyl (C=O) groups excluding carboxylic acids is 2. The van der Waals surface area contributed by atoms with Crippen LogP contribution in [0.3, 0.4) is 0 Å². The van der Waals surface area contributed by atoms with E-state index < -0.39 is 35.6 Å². The van der Waals surface area contributed by atoms with Gasteiger partial charge in [-0.2, -0.15) is 0 Å². The summed E-state index contributed by atoms with van der Waals surface area (Å²) in [5.74, 6) is -2.93. The highest BCUT2D eigenvalue weighted by Gasteiger charge is 2.47. The number of pyridine rings is 1. The molecule has 0 radical (unpaired) electrons. The smallest absolute Gasteiger partial charge is 0.507 e. The van der Waals surface area contributed by atoms with Gasteiger partial charge in [-0.3, -0.25) is 19.5 Å². The number of ether oxygens (including phenoxy) is 1. The number of Topliss-reactive ketones (excluding diaryl/α,β-unsaturated/α-hetero) is 1. The minimum absolute atomic E-state index is 0.00956. The summed E-state index contributed by atoms with van der Waals surface area (Å²) < 4.78 is 42.4. The number of anilines is 1. The van der Waals surface area contributed by atoms with Crippen LogP contribution in [-0.2, 0) is 9.59 Å². The van der Waals surface area contributed by atoms with Crippen LogP contribution < -0.4 is 9.64 Å². The first-order valence-electron chi connectivity index (χ1n) is 10.8. The third-order valence-electron chi connectivity index (χ3n) is 5.82. The summed E-state index contributed by atoms with van der Waals surface area (Å²) >= 11 is 0. The maximum absolute atomic E-state index is 13.3. The van der Waals surface area contributed by atoms with Crippen molar-refractivity contribution in [3.63, 3.8) is 0 Å². The van der Waals surface area contributed by atoms with Gasteiger partial charge >= 0.3 is 6.36 Å².